The molecule has 0 radical (unpaired) electrons. The van der Waals surface area contributed by atoms with Gasteiger partial charge in [-0.2, -0.15) is 0 Å². The van der Waals surface area contributed by atoms with Gasteiger partial charge in [0.1, 0.15) is 0 Å². The Hall–Kier alpha value is -2.64. The molecule has 0 aromatic carbocycles. The summed E-state index contributed by atoms with van der Waals surface area (Å²) in [5, 5.41) is 24.6. The highest BCUT2D eigenvalue weighted by atomic mass is 16.4. The highest BCUT2D eigenvalue weighted by Crippen LogP contribution is 2.49. The standard InChI is InChI=1S/C22H28N2O6/c25-19(15-11-3-5-13(9-11)17(15)21(27)28)23-7-1-2-8-24-20(26)16-12-4-6-14(10-12)18(16)22(29)30/h3-6,11-18H,1-2,7-10H2,(H,23,25)(H,24,26)(H,27,28)(H,29,30). The molecule has 0 spiro atoms. The van der Waals surface area contributed by atoms with Gasteiger partial charge in [0.15, 0.2) is 0 Å². The van der Waals surface area contributed by atoms with Crippen LogP contribution >= 0.6 is 0 Å². The number of amides is 2. The van der Waals surface area contributed by atoms with Crippen molar-refractivity contribution >= 4 is 23.8 Å². The first-order chi connectivity index (χ1) is 14.4. The lowest BCUT2D eigenvalue weighted by Crippen LogP contribution is -2.41. The molecule has 4 bridgehead atoms. The number of hydrogen-bond donors (Lipinski definition) is 4. The molecule has 8 nitrogen and oxygen atoms in total. The van der Waals surface area contributed by atoms with Gasteiger partial charge < -0.3 is 20.8 Å². The normalized spacial score (nSPS) is 37.5. The number of carboxylic acid groups (broad SMARTS) is 2. The summed E-state index contributed by atoms with van der Waals surface area (Å²) in [5.41, 5.74) is 0. The number of nitrogens with one attached hydrogen (secondary N) is 2. The zero-order chi connectivity index (χ0) is 21.4. The van der Waals surface area contributed by atoms with Crippen molar-refractivity contribution in [3.63, 3.8) is 0 Å². The fourth-order valence-corrected chi connectivity index (χ4v) is 5.94. The Kier molecular flexibility index (Phi) is 5.66. The van der Waals surface area contributed by atoms with E-state index in [4.69, 9.17) is 0 Å². The third-order valence-electron chi connectivity index (χ3n) is 7.30. The molecule has 30 heavy (non-hydrogen) atoms. The second-order valence-corrected chi connectivity index (χ2v) is 8.97. The second-order valence-electron chi connectivity index (χ2n) is 8.97. The van der Waals surface area contributed by atoms with Crippen LogP contribution in [-0.2, 0) is 19.2 Å². The smallest absolute Gasteiger partial charge is 0.307 e. The van der Waals surface area contributed by atoms with E-state index in [-0.39, 0.29) is 35.5 Å². The van der Waals surface area contributed by atoms with Gasteiger partial charge in [0.2, 0.25) is 11.8 Å². The van der Waals surface area contributed by atoms with Crippen molar-refractivity contribution in [1.82, 2.24) is 10.6 Å². The minimum Gasteiger partial charge on any atom is -0.481 e. The molecule has 4 rings (SSSR count). The highest BCUT2D eigenvalue weighted by Gasteiger charge is 2.52. The lowest BCUT2D eigenvalue weighted by Gasteiger charge is -2.24. The van der Waals surface area contributed by atoms with Gasteiger partial charge in [-0.25, -0.2) is 0 Å². The minimum atomic E-state index is -0.912. The molecule has 4 aliphatic carbocycles. The maximum Gasteiger partial charge on any atom is 0.307 e. The van der Waals surface area contributed by atoms with Crippen LogP contribution in [0.2, 0.25) is 0 Å². The average molecular weight is 416 g/mol. The fraction of sp³-hybridized carbons (Fsp3) is 0.636. The van der Waals surface area contributed by atoms with Crippen LogP contribution in [0, 0.1) is 47.3 Å². The third-order valence-corrected chi connectivity index (χ3v) is 7.30. The Morgan fingerprint density at radius 1 is 0.633 bits per heavy atom. The quantitative estimate of drug-likeness (QED) is 0.328. The van der Waals surface area contributed by atoms with E-state index < -0.39 is 35.6 Å². The topological polar surface area (TPSA) is 133 Å². The number of unbranched alkanes of at least 4 members (excludes halogenated alkanes) is 1. The first kappa shape index (κ1) is 20.6. The molecule has 2 fully saturated rings. The van der Waals surface area contributed by atoms with E-state index in [2.05, 4.69) is 10.6 Å². The Balaban J connectivity index is 1.17. The van der Waals surface area contributed by atoms with Crippen molar-refractivity contribution in [3.8, 4) is 0 Å². The number of fused-ring (bicyclic) bond motifs is 4. The Morgan fingerprint density at radius 2 is 0.967 bits per heavy atom. The Labute approximate surface area is 174 Å². The predicted molar refractivity (Wildman–Crippen MR) is 106 cm³/mol. The van der Waals surface area contributed by atoms with Gasteiger partial charge in [0.05, 0.1) is 23.7 Å². The van der Waals surface area contributed by atoms with Gasteiger partial charge in [0, 0.05) is 13.1 Å². The van der Waals surface area contributed by atoms with Crippen molar-refractivity contribution in [2.75, 3.05) is 13.1 Å². The number of allylic oxidation sites excluding steroid dienone is 4. The zero-order valence-corrected chi connectivity index (χ0v) is 16.7. The molecule has 0 aromatic heterocycles. The Bertz CT molecular complexity index is 739. The molecule has 0 saturated heterocycles. The first-order valence-electron chi connectivity index (χ1n) is 10.8. The van der Waals surface area contributed by atoms with Gasteiger partial charge in [-0.1, -0.05) is 24.3 Å². The molecular weight excluding hydrogens is 388 g/mol. The maximum atomic E-state index is 12.5. The van der Waals surface area contributed by atoms with Crippen molar-refractivity contribution in [3.05, 3.63) is 24.3 Å². The van der Waals surface area contributed by atoms with Crippen LogP contribution in [0.25, 0.3) is 0 Å². The van der Waals surface area contributed by atoms with Crippen molar-refractivity contribution in [2.45, 2.75) is 25.7 Å². The number of carbonyl (C=O) groups is 4. The molecule has 0 heterocycles. The van der Waals surface area contributed by atoms with E-state index in [0.717, 1.165) is 12.8 Å². The third kappa shape index (κ3) is 3.63. The molecule has 8 atom stereocenters. The van der Waals surface area contributed by atoms with E-state index in [0.29, 0.717) is 25.9 Å². The highest BCUT2D eigenvalue weighted by molar-refractivity contribution is 5.87. The van der Waals surface area contributed by atoms with Crippen LogP contribution in [0.5, 0.6) is 0 Å². The molecule has 0 aromatic rings. The Morgan fingerprint density at radius 3 is 1.30 bits per heavy atom. The number of aliphatic carboxylic acids is 2. The summed E-state index contributed by atoms with van der Waals surface area (Å²) in [6, 6.07) is 0. The van der Waals surface area contributed by atoms with E-state index in [1.165, 1.54) is 0 Å². The van der Waals surface area contributed by atoms with Crippen LogP contribution in [0.4, 0.5) is 0 Å². The van der Waals surface area contributed by atoms with E-state index in [1.807, 2.05) is 24.3 Å². The summed E-state index contributed by atoms with van der Waals surface area (Å²) in [6.07, 6.45) is 10.5. The molecule has 2 saturated carbocycles. The van der Waals surface area contributed by atoms with Crippen LogP contribution < -0.4 is 10.6 Å². The van der Waals surface area contributed by atoms with E-state index >= 15 is 0 Å². The first-order valence-corrected chi connectivity index (χ1v) is 10.8. The lowest BCUT2D eigenvalue weighted by atomic mass is 9.82. The number of hydrogen-bond acceptors (Lipinski definition) is 4. The SMILES string of the molecule is O=C(O)C1C2C=CC(C2)C1C(=O)NCCCCNC(=O)C1C2C=CC(C2)C1C(=O)O. The lowest BCUT2D eigenvalue weighted by molar-refractivity contribution is -0.148. The van der Waals surface area contributed by atoms with Gasteiger partial charge in [0.25, 0.3) is 0 Å². The molecular formula is C22H28N2O6. The fourth-order valence-electron chi connectivity index (χ4n) is 5.94. The van der Waals surface area contributed by atoms with E-state index in [1.54, 1.807) is 0 Å². The molecule has 2 amide bonds. The predicted octanol–water partition coefficient (Wildman–Crippen LogP) is 1.04. The molecule has 4 aliphatic rings. The van der Waals surface area contributed by atoms with Gasteiger partial charge in [-0.15, -0.1) is 0 Å². The van der Waals surface area contributed by atoms with Gasteiger partial charge in [-0.05, 0) is 49.4 Å². The van der Waals surface area contributed by atoms with Gasteiger partial charge in [-0.3, -0.25) is 19.2 Å². The molecule has 8 heteroatoms. The second kappa shape index (κ2) is 8.24. The number of carboxylic acids is 2. The van der Waals surface area contributed by atoms with Crippen LogP contribution in [0.15, 0.2) is 24.3 Å². The number of rotatable bonds is 9. The van der Waals surface area contributed by atoms with Crippen LogP contribution in [-0.4, -0.2) is 47.1 Å². The van der Waals surface area contributed by atoms with Crippen molar-refractivity contribution < 1.29 is 29.4 Å². The summed E-state index contributed by atoms with van der Waals surface area (Å²) < 4.78 is 0. The summed E-state index contributed by atoms with van der Waals surface area (Å²) in [5.74, 6) is -4.61. The minimum absolute atomic E-state index is 0.00774. The van der Waals surface area contributed by atoms with Gasteiger partial charge >= 0.3 is 11.9 Å². The molecule has 8 unspecified atom stereocenters. The summed E-state index contributed by atoms with van der Waals surface area (Å²) >= 11 is 0. The van der Waals surface area contributed by atoms with Crippen LogP contribution in [0.3, 0.4) is 0 Å². The average Bonchev–Trinajstić information content (AvgIpc) is 3.48. The largest absolute Gasteiger partial charge is 0.481 e. The number of carbonyl (C=O) groups excluding carboxylic acids is 2. The van der Waals surface area contributed by atoms with E-state index in [9.17, 15) is 29.4 Å². The molecule has 162 valence electrons. The summed E-state index contributed by atoms with van der Waals surface area (Å²) in [7, 11) is 0. The van der Waals surface area contributed by atoms with Crippen molar-refractivity contribution in [1.29, 1.82) is 0 Å². The van der Waals surface area contributed by atoms with Crippen LogP contribution in [0.1, 0.15) is 25.7 Å². The zero-order valence-electron chi connectivity index (χ0n) is 16.7. The van der Waals surface area contributed by atoms with Crippen molar-refractivity contribution in [2.24, 2.45) is 47.3 Å². The molecule has 0 aliphatic heterocycles. The monoisotopic (exact) mass is 416 g/mol. The molecule has 4 N–H and O–H groups in total. The summed E-state index contributed by atoms with van der Waals surface area (Å²) in [6.45, 7) is 0.848. The summed E-state index contributed by atoms with van der Waals surface area (Å²) in [4.78, 5) is 48.0. The maximum absolute atomic E-state index is 12.5.